The molecule has 0 amide bonds. The lowest BCUT2D eigenvalue weighted by molar-refractivity contribution is -0.111. The van der Waals surface area contributed by atoms with E-state index in [0.717, 1.165) is 6.92 Å². The Morgan fingerprint density at radius 2 is 2.03 bits per heavy atom. The quantitative estimate of drug-likeness (QED) is 0.283. The summed E-state index contributed by atoms with van der Waals surface area (Å²) in [7, 11) is 1.48. The number of hydrogen-bond donors (Lipinski definition) is 2. The molecule has 36 heavy (non-hydrogen) atoms. The average molecular weight is 508 g/mol. The third-order valence-corrected chi connectivity index (χ3v) is 6.20. The Morgan fingerprint density at radius 1 is 1.31 bits per heavy atom. The van der Waals surface area contributed by atoms with E-state index in [0.29, 0.717) is 0 Å². The number of hydrogen-bond acceptors (Lipinski definition) is 6. The highest BCUT2D eigenvalue weighted by Gasteiger charge is 2.47. The summed E-state index contributed by atoms with van der Waals surface area (Å²) >= 11 is 0. The molecule has 3 rings (SSSR count). The van der Waals surface area contributed by atoms with Crippen LogP contribution in [0, 0.1) is 30.5 Å². The largest absolute Gasteiger partial charge is 0.490 e. The maximum atomic E-state index is 15.4. The fraction of sp³-hybridized carbons (Fsp3) is 0.462. The molecule has 0 bridgehead atoms. The van der Waals surface area contributed by atoms with Crippen molar-refractivity contribution in [1.29, 1.82) is 0 Å². The number of halogens is 4. The second-order valence-electron chi connectivity index (χ2n) is 9.13. The smallest absolute Gasteiger partial charge is 0.266 e. The second kappa shape index (κ2) is 10.9. The van der Waals surface area contributed by atoms with E-state index in [4.69, 9.17) is 21.6 Å². The Hall–Kier alpha value is -3.00. The van der Waals surface area contributed by atoms with Crippen LogP contribution in [0.25, 0.3) is 10.9 Å². The van der Waals surface area contributed by atoms with E-state index >= 15 is 8.78 Å². The van der Waals surface area contributed by atoms with Gasteiger partial charge in [-0.05, 0) is 38.8 Å². The van der Waals surface area contributed by atoms with Gasteiger partial charge in [-0.1, -0.05) is 24.1 Å². The Balaban J connectivity index is 2.11. The summed E-state index contributed by atoms with van der Waals surface area (Å²) in [5.41, 5.74) is 2.40. The number of benzene rings is 1. The molecule has 10 heteroatoms. The van der Waals surface area contributed by atoms with Crippen LogP contribution >= 0.6 is 0 Å². The minimum atomic E-state index is -3.11. The van der Waals surface area contributed by atoms with Gasteiger partial charge in [0.1, 0.15) is 41.0 Å². The van der Waals surface area contributed by atoms with Gasteiger partial charge in [-0.2, -0.15) is 0 Å². The Bertz CT molecular complexity index is 1210. The lowest BCUT2D eigenvalue weighted by Gasteiger charge is -2.41. The number of nitrogens with zero attached hydrogens (tertiary/aromatic N) is 2. The lowest BCUT2D eigenvalue weighted by atomic mass is 9.68. The van der Waals surface area contributed by atoms with Crippen molar-refractivity contribution in [3.8, 4) is 18.1 Å². The monoisotopic (exact) mass is 507 g/mol. The SMILES string of the molecule is C#Cc1c(OCCOC)cc2c(C(N)CC3(CC(C)(O)C(F)F)C=CC=CC3F)nc(C)nc2c1F. The molecule has 1 heterocycles. The molecule has 1 aromatic heterocycles. The third-order valence-electron chi connectivity index (χ3n) is 6.20. The first kappa shape index (κ1) is 27.6. The molecule has 194 valence electrons. The highest BCUT2D eigenvalue weighted by atomic mass is 19.3. The van der Waals surface area contributed by atoms with E-state index in [1.54, 1.807) is 0 Å². The number of aliphatic hydroxyl groups is 1. The minimum Gasteiger partial charge on any atom is -0.490 e. The van der Waals surface area contributed by atoms with Crippen molar-refractivity contribution in [2.24, 2.45) is 11.1 Å². The number of aromatic nitrogens is 2. The van der Waals surface area contributed by atoms with Gasteiger partial charge in [0.25, 0.3) is 6.43 Å². The normalized spacial score (nSPS) is 22.0. The molecular weight excluding hydrogens is 478 g/mol. The first-order valence-corrected chi connectivity index (χ1v) is 11.3. The molecule has 4 atom stereocenters. The molecule has 0 saturated carbocycles. The standard InChI is InChI=1S/C26H29F4N3O3/c1-5-16-19(36-11-10-35-4)12-17-22(32-15(2)33-23(17)21(16)28)18(31)13-26(9-7-6-8-20(26)27)14-25(3,34)24(29)30/h1,6-9,12,18,20,24,34H,10-11,13-14,31H2,2-4H3. The molecule has 0 spiro atoms. The molecule has 0 fully saturated rings. The molecule has 2 aromatic rings. The lowest BCUT2D eigenvalue weighted by Crippen LogP contribution is -2.45. The first-order chi connectivity index (χ1) is 17.0. The van der Waals surface area contributed by atoms with Crippen LogP contribution in [-0.4, -0.2) is 53.6 Å². The van der Waals surface area contributed by atoms with Crippen molar-refractivity contribution in [3.05, 3.63) is 53.3 Å². The number of aryl methyl sites for hydroxylation is 1. The molecule has 0 aliphatic heterocycles. The van der Waals surface area contributed by atoms with E-state index in [2.05, 4.69) is 15.9 Å². The zero-order valence-electron chi connectivity index (χ0n) is 20.3. The van der Waals surface area contributed by atoms with E-state index in [9.17, 15) is 13.9 Å². The summed E-state index contributed by atoms with van der Waals surface area (Å²) in [6.45, 7) is 2.81. The number of alkyl halides is 3. The molecule has 6 nitrogen and oxygen atoms in total. The van der Waals surface area contributed by atoms with Crippen molar-refractivity contribution in [2.75, 3.05) is 20.3 Å². The van der Waals surface area contributed by atoms with Crippen LogP contribution in [-0.2, 0) is 4.74 Å². The predicted octanol–water partition coefficient (Wildman–Crippen LogP) is 4.33. The summed E-state index contributed by atoms with van der Waals surface area (Å²) in [6, 6.07) is 0.420. The van der Waals surface area contributed by atoms with Crippen LogP contribution < -0.4 is 10.5 Å². The van der Waals surface area contributed by atoms with Gasteiger partial charge in [0.15, 0.2) is 5.82 Å². The highest BCUT2D eigenvalue weighted by Crippen LogP contribution is 2.46. The summed E-state index contributed by atoms with van der Waals surface area (Å²) < 4.78 is 68.3. The Morgan fingerprint density at radius 3 is 2.64 bits per heavy atom. The van der Waals surface area contributed by atoms with Crippen LogP contribution in [0.2, 0.25) is 0 Å². The minimum absolute atomic E-state index is 0.0552. The molecule has 4 unspecified atom stereocenters. The van der Waals surface area contributed by atoms with Gasteiger partial charge < -0.3 is 20.3 Å². The predicted molar refractivity (Wildman–Crippen MR) is 128 cm³/mol. The van der Waals surface area contributed by atoms with Crippen LogP contribution in [0.4, 0.5) is 17.6 Å². The fourth-order valence-corrected chi connectivity index (χ4v) is 4.46. The van der Waals surface area contributed by atoms with Gasteiger partial charge in [-0.15, -0.1) is 6.42 Å². The summed E-state index contributed by atoms with van der Waals surface area (Å²) in [5.74, 6) is 1.70. The Labute approximate surface area is 207 Å². The maximum Gasteiger partial charge on any atom is 0.266 e. The van der Waals surface area contributed by atoms with Crippen LogP contribution in [0.5, 0.6) is 5.75 Å². The van der Waals surface area contributed by atoms with Gasteiger partial charge >= 0.3 is 0 Å². The van der Waals surface area contributed by atoms with Crippen molar-refractivity contribution in [2.45, 2.75) is 50.9 Å². The summed E-state index contributed by atoms with van der Waals surface area (Å²) in [4.78, 5) is 8.55. The van der Waals surface area contributed by atoms with E-state index < -0.39 is 41.9 Å². The van der Waals surface area contributed by atoms with Crippen LogP contribution in [0.1, 0.15) is 42.9 Å². The fourth-order valence-electron chi connectivity index (χ4n) is 4.46. The second-order valence-corrected chi connectivity index (χ2v) is 9.13. The number of allylic oxidation sites excluding steroid dienone is 4. The molecule has 1 aromatic carbocycles. The Kier molecular flexibility index (Phi) is 8.39. The number of terminal acetylenes is 1. The summed E-state index contributed by atoms with van der Waals surface area (Å²) in [6.07, 6.45) is 5.52. The van der Waals surface area contributed by atoms with Crippen LogP contribution in [0.15, 0.2) is 30.4 Å². The van der Waals surface area contributed by atoms with E-state index in [-0.39, 0.29) is 53.4 Å². The van der Waals surface area contributed by atoms with Gasteiger partial charge in [0, 0.05) is 24.0 Å². The van der Waals surface area contributed by atoms with Gasteiger partial charge in [0.2, 0.25) is 0 Å². The van der Waals surface area contributed by atoms with E-state index in [1.807, 2.05) is 0 Å². The maximum absolute atomic E-state index is 15.4. The zero-order chi connectivity index (χ0) is 26.7. The number of fused-ring (bicyclic) bond motifs is 1. The van der Waals surface area contributed by atoms with Gasteiger partial charge in [-0.25, -0.2) is 27.5 Å². The number of ether oxygens (including phenoxy) is 2. The van der Waals surface area contributed by atoms with Crippen LogP contribution in [0.3, 0.4) is 0 Å². The van der Waals surface area contributed by atoms with Gasteiger partial charge in [-0.3, -0.25) is 0 Å². The molecular formula is C26H29F4N3O3. The summed E-state index contributed by atoms with van der Waals surface area (Å²) in [5, 5.41) is 10.5. The van der Waals surface area contributed by atoms with Crippen molar-refractivity contribution < 1.29 is 32.1 Å². The topological polar surface area (TPSA) is 90.5 Å². The zero-order valence-corrected chi connectivity index (χ0v) is 20.3. The molecule has 1 aliphatic carbocycles. The molecule has 3 N–H and O–H groups in total. The van der Waals surface area contributed by atoms with Crippen molar-refractivity contribution >= 4 is 10.9 Å². The third kappa shape index (κ3) is 5.53. The van der Waals surface area contributed by atoms with E-state index in [1.165, 1.54) is 44.4 Å². The van der Waals surface area contributed by atoms with Crippen molar-refractivity contribution in [1.82, 2.24) is 9.97 Å². The number of methoxy groups -OCH3 is 1. The highest BCUT2D eigenvalue weighted by molar-refractivity contribution is 5.86. The van der Waals surface area contributed by atoms with Crippen molar-refractivity contribution in [3.63, 3.8) is 0 Å². The average Bonchev–Trinajstić information content (AvgIpc) is 2.81. The first-order valence-electron chi connectivity index (χ1n) is 11.3. The molecule has 0 radical (unpaired) electrons. The number of rotatable bonds is 10. The molecule has 0 saturated heterocycles. The molecule has 1 aliphatic rings. The number of nitrogens with two attached hydrogens (primary N) is 1. The van der Waals surface area contributed by atoms with Gasteiger partial charge in [0.05, 0.1) is 12.3 Å².